The molecule has 0 aliphatic carbocycles. The lowest BCUT2D eigenvalue weighted by molar-refractivity contribution is 0.280. The van der Waals surface area contributed by atoms with Gasteiger partial charge in [-0.1, -0.05) is 13.8 Å². The summed E-state index contributed by atoms with van der Waals surface area (Å²) >= 11 is 0. The van der Waals surface area contributed by atoms with Crippen molar-refractivity contribution in [1.82, 2.24) is 0 Å². The average molecular weight is 399 g/mol. The van der Waals surface area contributed by atoms with Crippen LogP contribution < -0.4 is 14.2 Å². The molecule has 0 unspecified atom stereocenters. The van der Waals surface area contributed by atoms with Crippen molar-refractivity contribution in [3.05, 3.63) is 41.0 Å². The van der Waals surface area contributed by atoms with Gasteiger partial charge in [-0.25, -0.2) is 4.99 Å². The summed E-state index contributed by atoms with van der Waals surface area (Å²) in [5.74, 6) is 2.82. The zero-order valence-electron chi connectivity index (χ0n) is 17.9. The number of nitrogens with zero attached hydrogens (tertiary/aromatic N) is 1. The highest BCUT2D eigenvalue weighted by atomic mass is 16.5. The quantitative estimate of drug-likeness (QED) is 0.763. The second-order valence-electron chi connectivity index (χ2n) is 7.47. The number of aliphatic hydroxyl groups excluding tert-OH is 1. The average Bonchev–Trinajstić information content (AvgIpc) is 3.22. The van der Waals surface area contributed by atoms with E-state index in [0.717, 1.165) is 22.3 Å². The van der Waals surface area contributed by atoms with Crippen LogP contribution in [0.25, 0.3) is 11.1 Å². The normalized spacial score (nSPS) is 15.9. The van der Waals surface area contributed by atoms with Gasteiger partial charge in [0.25, 0.3) is 0 Å². The summed E-state index contributed by atoms with van der Waals surface area (Å²) in [6.07, 6.45) is 0. The third-order valence-corrected chi connectivity index (χ3v) is 5.17. The second-order valence-corrected chi connectivity index (χ2v) is 7.47. The number of hydrogen-bond donors (Lipinski definition) is 1. The molecule has 1 aliphatic heterocycles. The molecule has 6 heteroatoms. The summed E-state index contributed by atoms with van der Waals surface area (Å²) in [5, 5.41) is 10.1. The molecule has 0 saturated heterocycles. The van der Waals surface area contributed by atoms with E-state index < -0.39 is 0 Å². The lowest BCUT2D eigenvalue weighted by Gasteiger charge is -2.20. The minimum absolute atomic E-state index is 0.111. The molecule has 3 rings (SSSR count). The lowest BCUT2D eigenvalue weighted by atomic mass is 9.91. The molecule has 0 saturated carbocycles. The summed E-state index contributed by atoms with van der Waals surface area (Å²) in [6, 6.07) is 7.70. The molecule has 6 nitrogen and oxygen atoms in total. The molecule has 0 bridgehead atoms. The number of rotatable bonds is 7. The minimum Gasteiger partial charge on any atom is -0.497 e. The van der Waals surface area contributed by atoms with Crippen LogP contribution in [-0.2, 0) is 11.3 Å². The van der Waals surface area contributed by atoms with Crippen LogP contribution in [0.15, 0.2) is 29.3 Å². The molecule has 0 aromatic heterocycles. The lowest BCUT2D eigenvalue weighted by Crippen LogP contribution is -2.13. The summed E-state index contributed by atoms with van der Waals surface area (Å²) in [5.41, 5.74) is 4.04. The van der Waals surface area contributed by atoms with E-state index in [0.29, 0.717) is 41.2 Å². The fourth-order valence-corrected chi connectivity index (χ4v) is 3.55. The van der Waals surface area contributed by atoms with Crippen LogP contribution in [0.4, 0.5) is 0 Å². The van der Waals surface area contributed by atoms with Crippen LogP contribution in [0.1, 0.15) is 30.5 Å². The highest BCUT2D eigenvalue weighted by molar-refractivity contribution is 6.04. The fourth-order valence-electron chi connectivity index (χ4n) is 3.55. The molecular weight excluding hydrogens is 370 g/mol. The van der Waals surface area contributed by atoms with Gasteiger partial charge in [0.2, 0.25) is 5.90 Å². The van der Waals surface area contributed by atoms with Crippen molar-refractivity contribution >= 4 is 5.90 Å². The van der Waals surface area contributed by atoms with Gasteiger partial charge in [0.1, 0.15) is 23.9 Å². The first kappa shape index (κ1) is 21.0. The van der Waals surface area contributed by atoms with Crippen LogP contribution >= 0.6 is 0 Å². The maximum Gasteiger partial charge on any atom is 0.217 e. The van der Waals surface area contributed by atoms with Gasteiger partial charge in [-0.15, -0.1) is 0 Å². The topological polar surface area (TPSA) is 69.5 Å². The highest BCUT2D eigenvalue weighted by Gasteiger charge is 2.29. The van der Waals surface area contributed by atoms with E-state index in [4.69, 9.17) is 23.9 Å². The number of aliphatic hydroxyl groups is 1. The van der Waals surface area contributed by atoms with Crippen molar-refractivity contribution < 1.29 is 24.1 Å². The van der Waals surface area contributed by atoms with E-state index in [1.807, 2.05) is 19.1 Å². The largest absolute Gasteiger partial charge is 0.497 e. The summed E-state index contributed by atoms with van der Waals surface area (Å²) in [6.45, 7) is 6.64. The van der Waals surface area contributed by atoms with Crippen molar-refractivity contribution in [2.24, 2.45) is 10.9 Å². The molecular formula is C23H29NO5. The maximum absolute atomic E-state index is 10.1. The van der Waals surface area contributed by atoms with E-state index in [9.17, 15) is 5.11 Å². The standard InChI is InChI=1S/C23H29NO5/c1-13(2)18-12-29-23(24-18)17-7-14(3)8-19(27-5)22(17)21-15(11-25)9-16(26-4)10-20(21)28-6/h7-10,13,18,25H,11-12H2,1-6H3/t18-/m1/s1. The zero-order valence-corrected chi connectivity index (χ0v) is 17.9. The molecule has 0 radical (unpaired) electrons. The Balaban J connectivity index is 2.32. The molecule has 1 N–H and O–H groups in total. The Labute approximate surface area is 172 Å². The van der Waals surface area contributed by atoms with Crippen LogP contribution in [0, 0.1) is 12.8 Å². The van der Waals surface area contributed by atoms with Crippen LogP contribution in [0.5, 0.6) is 17.2 Å². The van der Waals surface area contributed by atoms with E-state index in [-0.39, 0.29) is 12.6 Å². The summed E-state index contributed by atoms with van der Waals surface area (Å²) in [4.78, 5) is 4.82. The Morgan fingerprint density at radius 3 is 2.28 bits per heavy atom. The first-order chi connectivity index (χ1) is 13.9. The van der Waals surface area contributed by atoms with E-state index >= 15 is 0 Å². The predicted octanol–water partition coefficient (Wildman–Crippen LogP) is 3.98. The fraction of sp³-hybridized carbons (Fsp3) is 0.435. The van der Waals surface area contributed by atoms with Crippen LogP contribution in [0.2, 0.25) is 0 Å². The number of methoxy groups -OCH3 is 3. The third-order valence-electron chi connectivity index (χ3n) is 5.17. The van der Waals surface area contributed by atoms with Gasteiger partial charge in [0, 0.05) is 22.8 Å². The van der Waals surface area contributed by atoms with Crippen molar-refractivity contribution in [2.75, 3.05) is 27.9 Å². The van der Waals surface area contributed by atoms with Crippen molar-refractivity contribution in [1.29, 1.82) is 0 Å². The molecule has 1 heterocycles. The van der Waals surface area contributed by atoms with Gasteiger partial charge >= 0.3 is 0 Å². The Hall–Kier alpha value is -2.73. The van der Waals surface area contributed by atoms with Crippen LogP contribution in [0.3, 0.4) is 0 Å². The highest BCUT2D eigenvalue weighted by Crippen LogP contribution is 2.44. The predicted molar refractivity (Wildman–Crippen MR) is 113 cm³/mol. The second kappa shape index (κ2) is 8.74. The Morgan fingerprint density at radius 2 is 1.72 bits per heavy atom. The summed E-state index contributed by atoms with van der Waals surface area (Å²) in [7, 11) is 4.81. The van der Waals surface area contributed by atoms with E-state index in [2.05, 4.69) is 13.8 Å². The number of aliphatic imine (C=N–C) groups is 1. The minimum atomic E-state index is -0.179. The molecule has 2 aromatic carbocycles. The molecule has 29 heavy (non-hydrogen) atoms. The van der Waals surface area contributed by atoms with Gasteiger partial charge in [-0.2, -0.15) is 0 Å². The van der Waals surface area contributed by atoms with Gasteiger partial charge in [0.15, 0.2) is 0 Å². The first-order valence-corrected chi connectivity index (χ1v) is 9.69. The number of hydrogen-bond acceptors (Lipinski definition) is 6. The van der Waals surface area contributed by atoms with Gasteiger partial charge < -0.3 is 24.1 Å². The zero-order chi connectivity index (χ0) is 21.1. The number of aryl methyl sites for hydroxylation is 1. The molecule has 2 aromatic rings. The molecule has 0 spiro atoms. The monoisotopic (exact) mass is 399 g/mol. The SMILES string of the molecule is COc1cc(CO)c(-c2c(OC)cc(C)cc2C2=N[C@@H](C(C)C)CO2)c(OC)c1. The van der Waals surface area contributed by atoms with Gasteiger partial charge in [-0.3, -0.25) is 0 Å². The maximum atomic E-state index is 10.1. The first-order valence-electron chi connectivity index (χ1n) is 9.69. The molecule has 0 amide bonds. The van der Waals surface area contributed by atoms with Crippen molar-refractivity contribution in [3.63, 3.8) is 0 Å². The molecule has 0 fully saturated rings. The Kier molecular flexibility index (Phi) is 6.33. The van der Waals surface area contributed by atoms with Crippen molar-refractivity contribution in [2.45, 2.75) is 33.4 Å². The summed E-state index contributed by atoms with van der Waals surface area (Å²) < 4.78 is 22.7. The number of benzene rings is 2. The Bertz CT molecular complexity index is 895. The van der Waals surface area contributed by atoms with E-state index in [1.165, 1.54) is 0 Å². The smallest absolute Gasteiger partial charge is 0.217 e. The molecule has 156 valence electrons. The molecule has 1 atom stereocenters. The molecule has 1 aliphatic rings. The Morgan fingerprint density at radius 1 is 1.03 bits per heavy atom. The van der Waals surface area contributed by atoms with Crippen molar-refractivity contribution in [3.8, 4) is 28.4 Å². The third kappa shape index (κ3) is 4.03. The van der Waals surface area contributed by atoms with Crippen LogP contribution in [-0.4, -0.2) is 45.0 Å². The van der Waals surface area contributed by atoms with Gasteiger partial charge in [-0.05, 0) is 42.2 Å². The number of ether oxygens (including phenoxy) is 4. The van der Waals surface area contributed by atoms with E-state index in [1.54, 1.807) is 33.5 Å². The van der Waals surface area contributed by atoms with Gasteiger partial charge in [0.05, 0.1) is 34.0 Å².